The topological polar surface area (TPSA) is 3.24 Å². The summed E-state index contributed by atoms with van der Waals surface area (Å²) in [5.74, 6) is 2.85. The highest BCUT2D eigenvalue weighted by molar-refractivity contribution is 5.30. The number of benzene rings is 1. The molecule has 2 aliphatic carbocycles. The lowest BCUT2D eigenvalue weighted by Crippen LogP contribution is -2.58. The Hall–Kier alpha value is -1.60. The summed E-state index contributed by atoms with van der Waals surface area (Å²) in [4.78, 5) is 2.58. The van der Waals surface area contributed by atoms with Crippen molar-refractivity contribution in [3.63, 3.8) is 0 Å². The zero-order chi connectivity index (χ0) is 21.4. The highest BCUT2D eigenvalue weighted by atomic mass is 15.2. The minimum atomic E-state index is 0.250. The van der Waals surface area contributed by atoms with Crippen LogP contribution < -0.4 is 0 Å². The lowest BCUT2D eigenvalue weighted by Gasteiger charge is -2.54. The van der Waals surface area contributed by atoms with Crippen molar-refractivity contribution in [3.05, 3.63) is 71.8 Å². The summed E-state index contributed by atoms with van der Waals surface area (Å²) in [5, 5.41) is 0. The molecule has 1 aromatic carbocycles. The summed E-state index contributed by atoms with van der Waals surface area (Å²) < 4.78 is 0. The predicted octanol–water partition coefficient (Wildman–Crippen LogP) is 7.63. The van der Waals surface area contributed by atoms with Crippen molar-refractivity contribution in [3.8, 4) is 0 Å². The Bertz CT molecular complexity index is 765. The average molecular weight is 404 g/mol. The minimum absolute atomic E-state index is 0.250. The zero-order valence-electron chi connectivity index (χ0n) is 19.8. The van der Waals surface area contributed by atoms with Gasteiger partial charge in [0.05, 0.1) is 0 Å². The molecule has 0 bridgehead atoms. The van der Waals surface area contributed by atoms with Gasteiger partial charge in [-0.2, -0.15) is 0 Å². The van der Waals surface area contributed by atoms with Gasteiger partial charge in [-0.1, -0.05) is 60.7 Å². The largest absolute Gasteiger partial charge is 0.296 e. The first-order chi connectivity index (χ1) is 14.3. The van der Waals surface area contributed by atoms with Crippen LogP contribution in [0.5, 0.6) is 0 Å². The van der Waals surface area contributed by atoms with Crippen LogP contribution in [0.15, 0.2) is 60.7 Å². The summed E-state index contributed by atoms with van der Waals surface area (Å²) in [6.07, 6.45) is 21.4. The third-order valence-electron chi connectivity index (χ3n) is 8.50. The second kappa shape index (κ2) is 8.50. The fourth-order valence-corrected chi connectivity index (χ4v) is 6.38. The molecule has 0 N–H and O–H groups in total. The molecule has 3 aliphatic rings. The second-order valence-electron chi connectivity index (χ2n) is 11.3. The van der Waals surface area contributed by atoms with Crippen molar-refractivity contribution >= 4 is 0 Å². The minimum Gasteiger partial charge on any atom is -0.296 e. The maximum atomic E-state index is 2.58. The van der Waals surface area contributed by atoms with E-state index in [0.29, 0.717) is 11.8 Å². The van der Waals surface area contributed by atoms with Gasteiger partial charge in [0, 0.05) is 11.1 Å². The van der Waals surface area contributed by atoms with E-state index in [4.69, 9.17) is 0 Å². The van der Waals surface area contributed by atoms with E-state index < -0.39 is 0 Å². The molecule has 0 radical (unpaired) electrons. The fraction of sp³-hybridized carbons (Fsp3) is 0.586. The summed E-state index contributed by atoms with van der Waals surface area (Å²) in [5.41, 5.74) is 3.61. The van der Waals surface area contributed by atoms with E-state index in [-0.39, 0.29) is 11.1 Å². The Morgan fingerprint density at radius 1 is 0.667 bits per heavy atom. The number of hydrogen-bond donors (Lipinski definition) is 0. The van der Waals surface area contributed by atoms with Crippen molar-refractivity contribution in [1.29, 1.82) is 0 Å². The van der Waals surface area contributed by atoms with E-state index in [0.717, 1.165) is 11.8 Å². The molecule has 4 rings (SSSR count). The molecule has 1 aliphatic heterocycles. The van der Waals surface area contributed by atoms with E-state index >= 15 is 0 Å². The van der Waals surface area contributed by atoms with E-state index in [1.54, 1.807) is 11.1 Å². The molecule has 2 fully saturated rings. The van der Waals surface area contributed by atoms with Crippen molar-refractivity contribution in [2.45, 2.75) is 89.1 Å². The van der Waals surface area contributed by atoms with Gasteiger partial charge in [-0.15, -0.1) is 0 Å². The number of piperidine rings is 1. The maximum Gasteiger partial charge on any atom is 0.0161 e. The maximum absolute atomic E-state index is 2.58. The van der Waals surface area contributed by atoms with Gasteiger partial charge in [0.25, 0.3) is 0 Å². The van der Waals surface area contributed by atoms with E-state index in [2.05, 4.69) is 100 Å². The number of nitrogens with zero attached hydrogens (tertiary/aromatic N) is 1. The Morgan fingerprint density at radius 2 is 1.13 bits per heavy atom. The normalized spacial score (nSPS) is 29.8. The van der Waals surface area contributed by atoms with Gasteiger partial charge in [-0.25, -0.2) is 0 Å². The van der Waals surface area contributed by atoms with Gasteiger partial charge in [-0.05, 0) is 108 Å². The van der Waals surface area contributed by atoms with Crippen LogP contribution in [0.3, 0.4) is 0 Å². The fourth-order valence-electron chi connectivity index (χ4n) is 6.38. The molecule has 1 heteroatoms. The molecule has 30 heavy (non-hydrogen) atoms. The van der Waals surface area contributed by atoms with Crippen molar-refractivity contribution < 1.29 is 0 Å². The predicted molar refractivity (Wildman–Crippen MR) is 130 cm³/mol. The van der Waals surface area contributed by atoms with Gasteiger partial charge in [0.15, 0.2) is 0 Å². The first-order valence-electron chi connectivity index (χ1n) is 12.1. The molecule has 1 nitrogen and oxygen atoms in total. The Kier molecular flexibility index (Phi) is 6.13. The molecule has 1 aromatic rings. The molecular weight excluding hydrogens is 362 g/mol. The van der Waals surface area contributed by atoms with E-state index in [9.17, 15) is 0 Å². The average Bonchev–Trinajstić information content (AvgIpc) is 3.01. The SMILES string of the molecule is CN1C(C)(C)CC(c2ccc(C3CCC(C4C=CC=CC=C4)CC3)cc2)CC1(C)C. The third kappa shape index (κ3) is 4.52. The van der Waals surface area contributed by atoms with Gasteiger partial charge >= 0.3 is 0 Å². The molecule has 1 saturated heterocycles. The number of allylic oxidation sites excluding steroid dienone is 6. The summed E-state index contributed by atoms with van der Waals surface area (Å²) >= 11 is 0. The Balaban J connectivity index is 1.39. The standard InChI is InChI=1S/C29H41N/c1-28(2)20-27(21-29(3,4)30(28)5)26-18-16-25(17-19-26)24-14-12-23(13-15-24)22-10-8-6-7-9-11-22/h6-11,16-19,22-24,27H,12-15,20-21H2,1-5H3. The van der Waals surface area contributed by atoms with E-state index in [1.165, 1.54) is 38.5 Å². The van der Waals surface area contributed by atoms with Gasteiger partial charge in [0.2, 0.25) is 0 Å². The molecule has 0 atom stereocenters. The zero-order valence-corrected chi connectivity index (χ0v) is 19.8. The van der Waals surface area contributed by atoms with Crippen LogP contribution in [-0.4, -0.2) is 23.0 Å². The summed E-state index contributed by atoms with van der Waals surface area (Å²) in [7, 11) is 2.30. The molecule has 1 saturated carbocycles. The lowest BCUT2D eigenvalue weighted by atomic mass is 9.71. The number of rotatable bonds is 3. The van der Waals surface area contributed by atoms with Crippen LogP contribution in [0.4, 0.5) is 0 Å². The molecule has 0 spiro atoms. The number of hydrogen-bond acceptors (Lipinski definition) is 1. The van der Waals surface area contributed by atoms with Gasteiger partial charge < -0.3 is 0 Å². The van der Waals surface area contributed by atoms with Crippen LogP contribution in [0.2, 0.25) is 0 Å². The molecule has 0 aromatic heterocycles. The Labute approximate surface area is 184 Å². The Morgan fingerprint density at radius 3 is 1.63 bits per heavy atom. The first-order valence-corrected chi connectivity index (χ1v) is 12.1. The van der Waals surface area contributed by atoms with Crippen LogP contribution in [0.1, 0.15) is 89.2 Å². The van der Waals surface area contributed by atoms with Crippen molar-refractivity contribution in [2.75, 3.05) is 7.05 Å². The van der Waals surface area contributed by atoms with Crippen LogP contribution in [0, 0.1) is 11.8 Å². The molecule has 1 heterocycles. The summed E-state index contributed by atoms with van der Waals surface area (Å²) in [6.45, 7) is 9.62. The monoisotopic (exact) mass is 403 g/mol. The van der Waals surface area contributed by atoms with Gasteiger partial charge in [0.1, 0.15) is 0 Å². The van der Waals surface area contributed by atoms with Gasteiger partial charge in [-0.3, -0.25) is 4.90 Å². The molecule has 162 valence electrons. The lowest BCUT2D eigenvalue weighted by molar-refractivity contribution is -0.0128. The first kappa shape index (κ1) is 21.6. The molecule has 0 unspecified atom stereocenters. The van der Waals surface area contributed by atoms with Crippen LogP contribution >= 0.6 is 0 Å². The quantitative estimate of drug-likeness (QED) is 0.501. The van der Waals surface area contributed by atoms with E-state index in [1.807, 2.05) is 0 Å². The van der Waals surface area contributed by atoms with Crippen LogP contribution in [-0.2, 0) is 0 Å². The second-order valence-corrected chi connectivity index (χ2v) is 11.3. The number of likely N-dealkylation sites (tertiary alicyclic amines) is 1. The molecular formula is C29H41N. The van der Waals surface area contributed by atoms with Crippen LogP contribution in [0.25, 0.3) is 0 Å². The van der Waals surface area contributed by atoms with Crippen molar-refractivity contribution in [2.24, 2.45) is 11.8 Å². The van der Waals surface area contributed by atoms with Crippen molar-refractivity contribution in [1.82, 2.24) is 4.90 Å². The highest BCUT2D eigenvalue weighted by Crippen LogP contribution is 2.45. The summed E-state index contributed by atoms with van der Waals surface area (Å²) in [6, 6.07) is 9.81. The third-order valence-corrected chi connectivity index (χ3v) is 8.50. The highest BCUT2D eigenvalue weighted by Gasteiger charge is 2.43. The smallest absolute Gasteiger partial charge is 0.0161 e. The molecule has 0 amide bonds.